The summed E-state index contributed by atoms with van der Waals surface area (Å²) in [6, 6.07) is 9.57. The van der Waals surface area contributed by atoms with Crippen LogP contribution in [0.3, 0.4) is 0 Å². The number of hydrogen-bond acceptors (Lipinski definition) is 0. The van der Waals surface area contributed by atoms with Gasteiger partial charge in [-0.05, 0) is 65.3 Å². The topological polar surface area (TPSA) is 0 Å². The maximum absolute atomic E-state index is 15.0. The van der Waals surface area contributed by atoms with Crippen LogP contribution < -0.4 is 0 Å². The minimum absolute atomic E-state index is 0.0655. The van der Waals surface area contributed by atoms with E-state index in [1.165, 1.54) is 18.2 Å². The van der Waals surface area contributed by atoms with E-state index >= 15 is 0 Å². The van der Waals surface area contributed by atoms with E-state index in [0.717, 1.165) is 30.3 Å². The Balaban J connectivity index is 1.75. The van der Waals surface area contributed by atoms with E-state index in [1.54, 1.807) is 6.08 Å². The predicted octanol–water partition coefficient (Wildman–Crippen LogP) is 9.01. The number of hydrogen-bond donors (Lipinski definition) is 0. The molecule has 0 fully saturated rings. The van der Waals surface area contributed by atoms with Crippen LogP contribution in [0.4, 0.5) is 35.1 Å². The quantitative estimate of drug-likeness (QED) is 0.193. The van der Waals surface area contributed by atoms with E-state index in [2.05, 4.69) is 6.58 Å². The van der Waals surface area contributed by atoms with Crippen LogP contribution in [0.1, 0.15) is 17.5 Å². The lowest BCUT2D eigenvalue weighted by Gasteiger charge is -2.13. The fourth-order valence-electron chi connectivity index (χ4n) is 3.98. The maximum atomic E-state index is 15.0. The molecule has 0 nitrogen and oxygen atoms in total. The summed E-state index contributed by atoms with van der Waals surface area (Å²) in [5.74, 6) is -6.18. The van der Waals surface area contributed by atoms with Crippen molar-refractivity contribution >= 4 is 10.8 Å². The lowest BCUT2D eigenvalue weighted by molar-refractivity contribution is -0.142. The van der Waals surface area contributed by atoms with E-state index < -0.39 is 51.8 Å². The highest BCUT2D eigenvalue weighted by Gasteiger charge is 2.38. The second-order valence-electron chi connectivity index (χ2n) is 7.94. The fourth-order valence-corrected chi connectivity index (χ4v) is 3.98. The van der Waals surface area contributed by atoms with Crippen LogP contribution in [-0.4, -0.2) is 0 Å². The average molecular weight is 492 g/mol. The second kappa shape index (κ2) is 9.17. The molecule has 0 spiro atoms. The van der Waals surface area contributed by atoms with Crippen molar-refractivity contribution in [1.82, 2.24) is 0 Å². The highest BCUT2D eigenvalue weighted by Crippen LogP contribution is 2.38. The lowest BCUT2D eigenvalue weighted by atomic mass is 9.95. The summed E-state index contributed by atoms with van der Waals surface area (Å²) in [7, 11) is 0. The van der Waals surface area contributed by atoms with Crippen LogP contribution in [0.15, 0.2) is 67.3 Å². The molecule has 4 rings (SSSR count). The highest BCUT2D eigenvalue weighted by molar-refractivity contribution is 5.89. The van der Waals surface area contributed by atoms with Gasteiger partial charge in [-0.25, -0.2) is 22.0 Å². The lowest BCUT2D eigenvalue weighted by Crippen LogP contribution is -2.11. The van der Waals surface area contributed by atoms with Gasteiger partial charge >= 0.3 is 6.18 Å². The van der Waals surface area contributed by atoms with Crippen LogP contribution in [0.5, 0.6) is 0 Å². The van der Waals surface area contributed by atoms with E-state index in [0.29, 0.717) is 24.5 Å². The third kappa shape index (κ3) is 4.65. The summed E-state index contributed by atoms with van der Waals surface area (Å²) in [6.07, 6.45) is -2.70. The van der Waals surface area contributed by atoms with Gasteiger partial charge in [-0.15, -0.1) is 6.58 Å². The van der Waals surface area contributed by atoms with Crippen molar-refractivity contribution in [2.75, 3.05) is 0 Å². The van der Waals surface area contributed by atoms with Gasteiger partial charge in [0.15, 0.2) is 0 Å². The minimum Gasteiger partial charge on any atom is -0.206 e. The van der Waals surface area contributed by atoms with Crippen molar-refractivity contribution in [3.8, 4) is 22.3 Å². The number of benzene rings is 4. The molecular weight excluding hydrogens is 476 g/mol. The third-order valence-corrected chi connectivity index (χ3v) is 5.62. The van der Waals surface area contributed by atoms with Crippen LogP contribution in [-0.2, 0) is 12.6 Å². The zero-order valence-electron chi connectivity index (χ0n) is 17.9. The number of rotatable bonds is 5. The molecule has 180 valence electrons. The van der Waals surface area contributed by atoms with E-state index in [4.69, 9.17) is 0 Å². The smallest absolute Gasteiger partial charge is 0.206 e. The Morgan fingerprint density at radius 1 is 0.714 bits per heavy atom. The molecule has 4 aromatic carbocycles. The molecule has 0 unspecified atom stereocenters. The van der Waals surface area contributed by atoms with Gasteiger partial charge in [0.25, 0.3) is 0 Å². The zero-order valence-corrected chi connectivity index (χ0v) is 17.9. The number of alkyl halides is 3. The van der Waals surface area contributed by atoms with E-state index in [9.17, 15) is 35.1 Å². The van der Waals surface area contributed by atoms with Crippen molar-refractivity contribution in [1.29, 1.82) is 0 Å². The van der Waals surface area contributed by atoms with Crippen molar-refractivity contribution in [3.63, 3.8) is 0 Å². The molecule has 0 aliphatic carbocycles. The zero-order chi connectivity index (χ0) is 25.5. The minimum atomic E-state index is -5.22. The molecule has 0 aromatic heterocycles. The molecule has 0 amide bonds. The Hall–Kier alpha value is -3.68. The molecule has 0 bridgehead atoms. The Bertz CT molecular complexity index is 1430. The van der Waals surface area contributed by atoms with Gasteiger partial charge in [0.2, 0.25) is 0 Å². The number of fused-ring (bicyclic) bond motifs is 1. The number of allylic oxidation sites excluding steroid dienone is 1. The number of halogens is 8. The van der Waals surface area contributed by atoms with Gasteiger partial charge in [0.1, 0.15) is 34.6 Å². The largest absolute Gasteiger partial charge is 0.422 e. The highest BCUT2D eigenvalue weighted by atomic mass is 19.4. The van der Waals surface area contributed by atoms with Crippen LogP contribution in [0.25, 0.3) is 33.0 Å². The molecule has 0 heterocycles. The van der Waals surface area contributed by atoms with Gasteiger partial charge in [0, 0.05) is 10.9 Å². The van der Waals surface area contributed by atoms with Crippen molar-refractivity contribution in [2.24, 2.45) is 0 Å². The monoisotopic (exact) mass is 492 g/mol. The average Bonchev–Trinajstić information content (AvgIpc) is 2.76. The Labute approximate surface area is 195 Å². The normalized spacial score (nSPS) is 11.8. The first-order valence-electron chi connectivity index (χ1n) is 10.4. The van der Waals surface area contributed by atoms with Gasteiger partial charge in [0.05, 0.1) is 5.56 Å². The van der Waals surface area contributed by atoms with Crippen LogP contribution in [0, 0.1) is 29.1 Å². The first-order valence-corrected chi connectivity index (χ1v) is 10.4. The van der Waals surface area contributed by atoms with Gasteiger partial charge in [-0.2, -0.15) is 13.2 Å². The molecule has 35 heavy (non-hydrogen) atoms. The van der Waals surface area contributed by atoms with Gasteiger partial charge < -0.3 is 0 Å². The summed E-state index contributed by atoms with van der Waals surface area (Å²) in [5, 5.41) is -0.693. The molecule has 0 radical (unpaired) electrons. The molecule has 0 N–H and O–H groups in total. The van der Waals surface area contributed by atoms with E-state index in [-0.39, 0.29) is 22.1 Å². The summed E-state index contributed by atoms with van der Waals surface area (Å²) in [4.78, 5) is 0. The molecule has 0 atom stereocenters. The third-order valence-electron chi connectivity index (χ3n) is 5.62. The predicted molar refractivity (Wildman–Crippen MR) is 118 cm³/mol. The van der Waals surface area contributed by atoms with Crippen molar-refractivity contribution in [2.45, 2.75) is 19.0 Å². The maximum Gasteiger partial charge on any atom is 0.422 e. The first kappa shape index (κ1) is 24.4. The molecule has 4 aromatic rings. The summed E-state index contributed by atoms with van der Waals surface area (Å²) in [6.45, 7) is 3.56. The first-order chi connectivity index (χ1) is 16.5. The van der Waals surface area contributed by atoms with Crippen molar-refractivity contribution < 1.29 is 35.1 Å². The molecule has 0 aliphatic heterocycles. The molecular formula is C27H16F8. The molecule has 8 heteroatoms. The fraction of sp³-hybridized carbons (Fsp3) is 0.111. The summed E-state index contributed by atoms with van der Waals surface area (Å²) in [5.41, 5.74) is -2.03. The standard InChI is InChI=1S/C27H16F8/c1-2-3-4-14-9-21(29)24(22(30)10-14)16-6-7-18(20(28)12-16)15-5-8-19-17(11-15)13-23(31)25(26(19)32)27(33,34)35/h2,5-13H,1,3-4H2. The molecule has 0 saturated carbocycles. The van der Waals surface area contributed by atoms with Gasteiger partial charge in [-0.3, -0.25) is 0 Å². The Morgan fingerprint density at radius 3 is 1.97 bits per heavy atom. The molecule has 0 aliphatic rings. The summed E-state index contributed by atoms with van der Waals surface area (Å²) >= 11 is 0. The van der Waals surface area contributed by atoms with E-state index in [1.807, 2.05) is 0 Å². The van der Waals surface area contributed by atoms with Gasteiger partial charge in [-0.1, -0.05) is 30.3 Å². The summed E-state index contributed by atoms with van der Waals surface area (Å²) < 4.78 is 111. The second-order valence-corrected chi connectivity index (χ2v) is 7.94. The van der Waals surface area contributed by atoms with Crippen LogP contribution >= 0.6 is 0 Å². The number of aryl methyl sites for hydroxylation is 1. The Morgan fingerprint density at radius 2 is 1.37 bits per heavy atom. The SMILES string of the molecule is C=CCCc1cc(F)c(-c2ccc(-c3ccc4c(F)c(C(F)(F)F)c(F)cc4c3)c(F)c2)c(F)c1. The van der Waals surface area contributed by atoms with Crippen LogP contribution in [0.2, 0.25) is 0 Å². The molecule has 0 saturated heterocycles. The van der Waals surface area contributed by atoms with Crippen molar-refractivity contribution in [3.05, 3.63) is 107 Å². The Kier molecular flexibility index (Phi) is 6.40.